The van der Waals surface area contributed by atoms with Crippen LogP contribution < -0.4 is 10.4 Å². The van der Waals surface area contributed by atoms with Crippen LogP contribution in [0.5, 0.6) is 0 Å². The third-order valence-corrected chi connectivity index (χ3v) is 3.90. The summed E-state index contributed by atoms with van der Waals surface area (Å²) in [4.78, 5) is 23.9. The molecule has 2 aromatic rings. The third-order valence-electron chi connectivity index (χ3n) is 3.18. The van der Waals surface area contributed by atoms with Gasteiger partial charge in [-0.1, -0.05) is 30.3 Å². The van der Waals surface area contributed by atoms with Crippen LogP contribution in [0.25, 0.3) is 0 Å². The highest BCUT2D eigenvalue weighted by molar-refractivity contribution is 14.1. The molecule has 0 spiro atoms. The van der Waals surface area contributed by atoms with Crippen LogP contribution in [0.2, 0.25) is 0 Å². The van der Waals surface area contributed by atoms with Crippen molar-refractivity contribution < 1.29 is 9.59 Å². The minimum Gasteiger partial charge on any atom is -0.294 e. The van der Waals surface area contributed by atoms with Crippen LogP contribution in [0.15, 0.2) is 54.6 Å². The molecule has 0 heterocycles. The summed E-state index contributed by atoms with van der Waals surface area (Å²) in [5.74, 6) is -0.195. The zero-order valence-electron chi connectivity index (χ0n) is 12.3. The van der Waals surface area contributed by atoms with Gasteiger partial charge in [0.2, 0.25) is 5.91 Å². The van der Waals surface area contributed by atoms with Crippen molar-refractivity contribution in [3.63, 3.8) is 0 Å². The number of nitrogens with zero attached hydrogens (tertiary/aromatic N) is 1. The summed E-state index contributed by atoms with van der Waals surface area (Å²) in [6.07, 6.45) is 0.372. The van der Waals surface area contributed by atoms with Crippen molar-refractivity contribution in [2.45, 2.75) is 12.8 Å². The lowest BCUT2D eigenvalue weighted by molar-refractivity contribution is -0.121. The van der Waals surface area contributed by atoms with Crippen molar-refractivity contribution in [2.24, 2.45) is 0 Å². The van der Waals surface area contributed by atoms with E-state index in [0.29, 0.717) is 5.56 Å². The normalized spacial score (nSPS) is 10.1. The van der Waals surface area contributed by atoms with E-state index in [1.54, 1.807) is 24.2 Å². The monoisotopic (exact) mass is 408 g/mol. The van der Waals surface area contributed by atoms with Crippen LogP contribution in [0, 0.1) is 3.57 Å². The molecular formula is C17H17IN2O2. The van der Waals surface area contributed by atoms with Crippen molar-refractivity contribution >= 4 is 40.0 Å². The molecule has 4 nitrogen and oxygen atoms in total. The molecule has 0 atom stereocenters. The molecule has 0 radical (unpaired) electrons. The Labute approximate surface area is 143 Å². The highest BCUT2D eigenvalue weighted by Crippen LogP contribution is 2.11. The number of carbonyl (C=O) groups excluding carboxylic acids is 2. The van der Waals surface area contributed by atoms with E-state index in [1.165, 1.54) is 0 Å². The van der Waals surface area contributed by atoms with Gasteiger partial charge in [0.05, 0.1) is 5.69 Å². The van der Waals surface area contributed by atoms with E-state index in [9.17, 15) is 9.59 Å². The maximum absolute atomic E-state index is 12.0. The van der Waals surface area contributed by atoms with Crippen LogP contribution in [-0.2, 0) is 4.79 Å². The zero-order valence-corrected chi connectivity index (χ0v) is 14.4. The molecule has 2 rings (SSSR count). The van der Waals surface area contributed by atoms with Gasteiger partial charge in [0, 0.05) is 29.0 Å². The molecule has 2 aromatic carbocycles. The van der Waals surface area contributed by atoms with E-state index in [2.05, 4.69) is 28.0 Å². The molecule has 5 heteroatoms. The maximum atomic E-state index is 12.0. The zero-order chi connectivity index (χ0) is 15.9. The lowest BCUT2D eigenvalue weighted by atomic mass is 10.1. The van der Waals surface area contributed by atoms with Gasteiger partial charge in [0.1, 0.15) is 0 Å². The fourth-order valence-electron chi connectivity index (χ4n) is 1.97. The first-order chi connectivity index (χ1) is 10.6. The molecule has 22 heavy (non-hydrogen) atoms. The number of halogens is 1. The van der Waals surface area contributed by atoms with Crippen LogP contribution in [0.1, 0.15) is 23.2 Å². The molecule has 0 saturated heterocycles. The fraction of sp³-hybridized carbons (Fsp3) is 0.176. The first-order valence-corrected chi connectivity index (χ1v) is 8.01. The summed E-state index contributed by atoms with van der Waals surface area (Å²) >= 11 is 2.19. The number of benzene rings is 2. The van der Waals surface area contributed by atoms with Crippen LogP contribution in [-0.4, -0.2) is 18.7 Å². The number of hydrogen-bond acceptors (Lipinski definition) is 3. The van der Waals surface area contributed by atoms with Crippen LogP contribution in [0.3, 0.4) is 0 Å². The fourth-order valence-corrected chi connectivity index (χ4v) is 2.33. The molecule has 0 unspecified atom stereocenters. The van der Waals surface area contributed by atoms with Gasteiger partial charge in [-0.15, -0.1) is 0 Å². The Bertz CT molecular complexity index is 641. The molecule has 1 amide bonds. The van der Waals surface area contributed by atoms with Gasteiger partial charge in [-0.25, -0.2) is 0 Å². The second-order valence-corrected chi connectivity index (χ2v) is 6.11. The van der Waals surface area contributed by atoms with Gasteiger partial charge >= 0.3 is 0 Å². The first kappa shape index (κ1) is 16.5. The van der Waals surface area contributed by atoms with E-state index in [0.717, 1.165) is 9.26 Å². The van der Waals surface area contributed by atoms with Crippen molar-refractivity contribution in [3.05, 3.63) is 63.7 Å². The summed E-state index contributed by atoms with van der Waals surface area (Å²) in [6.45, 7) is 0. The van der Waals surface area contributed by atoms with Crippen molar-refractivity contribution in [3.8, 4) is 0 Å². The number of hydrogen-bond donors (Lipinski definition) is 1. The average Bonchev–Trinajstić information content (AvgIpc) is 2.54. The number of para-hydroxylation sites is 1. The van der Waals surface area contributed by atoms with Gasteiger partial charge in [0.15, 0.2) is 5.78 Å². The number of nitrogens with one attached hydrogen (secondary N) is 1. The summed E-state index contributed by atoms with van der Waals surface area (Å²) < 4.78 is 1.08. The number of amides is 1. The van der Waals surface area contributed by atoms with Gasteiger partial charge in [-0.05, 0) is 46.9 Å². The molecule has 1 N–H and O–H groups in total. The second kappa shape index (κ2) is 7.93. The predicted molar refractivity (Wildman–Crippen MR) is 95.7 cm³/mol. The van der Waals surface area contributed by atoms with E-state index in [-0.39, 0.29) is 24.5 Å². The minimum absolute atomic E-state index is 0.0195. The number of Topliss-reactive ketones (excluding diaryl/α,β-unsaturated/α-hetero) is 1. The third kappa shape index (κ3) is 4.84. The van der Waals surface area contributed by atoms with E-state index in [4.69, 9.17) is 0 Å². The average molecular weight is 408 g/mol. The van der Waals surface area contributed by atoms with Gasteiger partial charge in [-0.2, -0.15) is 0 Å². The Morgan fingerprint density at radius 2 is 1.64 bits per heavy atom. The van der Waals surface area contributed by atoms with Gasteiger partial charge < -0.3 is 0 Å². The molecule has 0 aliphatic carbocycles. The lowest BCUT2D eigenvalue weighted by Crippen LogP contribution is -2.39. The number of carbonyl (C=O) groups is 2. The van der Waals surface area contributed by atoms with Crippen molar-refractivity contribution in [2.75, 3.05) is 12.1 Å². The molecule has 0 fully saturated rings. The molecular weight excluding hydrogens is 391 g/mol. The molecule has 0 aliphatic rings. The second-order valence-electron chi connectivity index (χ2n) is 4.86. The Morgan fingerprint density at radius 3 is 2.27 bits per heavy atom. The smallest absolute Gasteiger partial charge is 0.238 e. The standard InChI is InChI=1S/C17H17IN2O2/c1-20(15-5-3-2-4-6-15)19-17(22)12-11-16(21)13-7-9-14(18)10-8-13/h2-10H,11-12H2,1H3,(H,19,22). The largest absolute Gasteiger partial charge is 0.294 e. The quantitative estimate of drug-likeness (QED) is 0.453. The van der Waals surface area contributed by atoms with E-state index < -0.39 is 0 Å². The Hall–Kier alpha value is -1.89. The van der Waals surface area contributed by atoms with E-state index in [1.807, 2.05) is 42.5 Å². The topological polar surface area (TPSA) is 49.4 Å². The molecule has 0 saturated carbocycles. The summed E-state index contributed by atoms with van der Waals surface area (Å²) in [5, 5.41) is 1.65. The maximum Gasteiger partial charge on any atom is 0.238 e. The minimum atomic E-state index is -0.176. The summed E-state index contributed by atoms with van der Waals surface area (Å²) in [7, 11) is 1.77. The highest BCUT2D eigenvalue weighted by Gasteiger charge is 2.10. The Morgan fingerprint density at radius 1 is 1.00 bits per heavy atom. The Kier molecular flexibility index (Phi) is 5.94. The lowest BCUT2D eigenvalue weighted by Gasteiger charge is -2.20. The number of ketones is 1. The van der Waals surface area contributed by atoms with Crippen molar-refractivity contribution in [1.82, 2.24) is 5.43 Å². The van der Waals surface area contributed by atoms with E-state index >= 15 is 0 Å². The number of rotatable bonds is 6. The molecule has 0 aromatic heterocycles. The Balaban J connectivity index is 1.82. The molecule has 114 valence electrons. The first-order valence-electron chi connectivity index (χ1n) is 6.93. The van der Waals surface area contributed by atoms with Crippen LogP contribution >= 0.6 is 22.6 Å². The van der Waals surface area contributed by atoms with Gasteiger partial charge in [-0.3, -0.25) is 20.0 Å². The number of anilines is 1. The van der Waals surface area contributed by atoms with Crippen molar-refractivity contribution in [1.29, 1.82) is 0 Å². The highest BCUT2D eigenvalue weighted by atomic mass is 127. The van der Waals surface area contributed by atoms with Crippen LogP contribution in [0.4, 0.5) is 5.69 Å². The summed E-state index contributed by atoms with van der Waals surface area (Å²) in [6, 6.07) is 16.9. The summed E-state index contributed by atoms with van der Waals surface area (Å²) in [5.41, 5.74) is 4.28. The van der Waals surface area contributed by atoms with Gasteiger partial charge in [0.25, 0.3) is 0 Å². The predicted octanol–water partition coefficient (Wildman–Crippen LogP) is 3.42. The molecule has 0 aliphatic heterocycles. The SMILES string of the molecule is CN(NC(=O)CCC(=O)c1ccc(I)cc1)c1ccccc1. The molecule has 0 bridgehead atoms. The number of hydrazine groups is 1.